The number of unbranched alkanes of at least 4 members (excludes halogenated alkanes) is 1. The zero-order chi connectivity index (χ0) is 9.52. The van der Waals surface area contributed by atoms with Crippen LogP contribution in [0.2, 0.25) is 0 Å². The second kappa shape index (κ2) is 5.29. The van der Waals surface area contributed by atoms with Crippen molar-refractivity contribution in [1.29, 1.82) is 0 Å². The quantitative estimate of drug-likeness (QED) is 0.596. The van der Waals surface area contributed by atoms with Gasteiger partial charge in [0.05, 0.1) is 6.54 Å². The Labute approximate surface area is 77.3 Å². The molecule has 1 aliphatic heterocycles. The van der Waals surface area contributed by atoms with Crippen LogP contribution in [0.3, 0.4) is 0 Å². The zero-order valence-electron chi connectivity index (χ0n) is 7.71. The number of amidine groups is 1. The summed E-state index contributed by atoms with van der Waals surface area (Å²) in [4.78, 5) is 15.1. The predicted octanol–water partition coefficient (Wildman–Crippen LogP) is -0.110. The Hall–Kier alpha value is -1.39. The fourth-order valence-electron chi connectivity index (χ4n) is 0.889. The molecule has 0 saturated heterocycles. The fraction of sp³-hybridized carbons (Fsp3) is 0.625. The molecule has 0 radical (unpaired) electrons. The third-order valence-corrected chi connectivity index (χ3v) is 1.60. The minimum Gasteiger partial charge on any atom is -0.349 e. The molecule has 1 rings (SSSR count). The Bertz CT molecular complexity index is 234. The number of hydrazone groups is 1. The number of hydrogen-bond acceptors (Lipinski definition) is 4. The van der Waals surface area contributed by atoms with E-state index < -0.39 is 0 Å². The Morgan fingerprint density at radius 3 is 3.23 bits per heavy atom. The van der Waals surface area contributed by atoms with Crippen molar-refractivity contribution in [2.45, 2.75) is 19.8 Å². The molecule has 0 aromatic heterocycles. The first-order valence-electron chi connectivity index (χ1n) is 4.46. The summed E-state index contributed by atoms with van der Waals surface area (Å²) < 4.78 is 0. The molecule has 1 amide bonds. The topological polar surface area (TPSA) is 65.8 Å². The van der Waals surface area contributed by atoms with Gasteiger partial charge in [-0.2, -0.15) is 5.10 Å². The van der Waals surface area contributed by atoms with E-state index in [1.165, 1.54) is 0 Å². The molecule has 0 fully saturated rings. The molecule has 0 bridgehead atoms. The van der Waals surface area contributed by atoms with Crippen LogP contribution in [0, 0.1) is 0 Å². The molecule has 1 heterocycles. The number of amides is 1. The lowest BCUT2D eigenvalue weighted by molar-refractivity contribution is -0.114. The van der Waals surface area contributed by atoms with Crippen LogP contribution < -0.4 is 10.7 Å². The zero-order valence-corrected chi connectivity index (χ0v) is 7.71. The summed E-state index contributed by atoms with van der Waals surface area (Å²) in [6.07, 6.45) is 3.67. The van der Waals surface area contributed by atoms with E-state index in [-0.39, 0.29) is 11.7 Å². The van der Waals surface area contributed by atoms with Gasteiger partial charge in [0.25, 0.3) is 5.91 Å². The van der Waals surface area contributed by atoms with Gasteiger partial charge in [0.2, 0.25) is 5.84 Å². The van der Waals surface area contributed by atoms with E-state index in [0.29, 0.717) is 13.1 Å². The van der Waals surface area contributed by atoms with Crippen molar-refractivity contribution in [3.8, 4) is 0 Å². The van der Waals surface area contributed by atoms with Crippen LogP contribution in [0.4, 0.5) is 0 Å². The summed E-state index contributed by atoms with van der Waals surface area (Å²) in [5.41, 5.74) is 2.68. The molecule has 0 atom stereocenters. The van der Waals surface area contributed by atoms with Gasteiger partial charge in [-0.3, -0.25) is 4.79 Å². The highest BCUT2D eigenvalue weighted by Gasteiger charge is 2.10. The van der Waals surface area contributed by atoms with Crippen molar-refractivity contribution in [1.82, 2.24) is 10.7 Å². The largest absolute Gasteiger partial charge is 0.349 e. The third-order valence-electron chi connectivity index (χ3n) is 1.60. The van der Waals surface area contributed by atoms with Crippen molar-refractivity contribution < 1.29 is 4.79 Å². The summed E-state index contributed by atoms with van der Waals surface area (Å²) in [6, 6.07) is 0. The van der Waals surface area contributed by atoms with Crippen LogP contribution in [0.5, 0.6) is 0 Å². The molecule has 0 aromatic carbocycles. The molecule has 0 spiro atoms. The number of carbonyl (C=O) groups excluding carboxylic acids is 1. The minimum atomic E-state index is -0.211. The molecule has 0 aliphatic carbocycles. The van der Waals surface area contributed by atoms with Gasteiger partial charge in [-0.1, -0.05) is 13.3 Å². The van der Waals surface area contributed by atoms with Crippen LogP contribution in [-0.2, 0) is 4.79 Å². The lowest BCUT2D eigenvalue weighted by Crippen LogP contribution is -2.34. The molecule has 1 aliphatic rings. The fourth-order valence-corrected chi connectivity index (χ4v) is 0.889. The van der Waals surface area contributed by atoms with E-state index >= 15 is 0 Å². The second-order valence-electron chi connectivity index (χ2n) is 2.72. The van der Waals surface area contributed by atoms with Gasteiger partial charge in [0, 0.05) is 12.8 Å². The van der Waals surface area contributed by atoms with Gasteiger partial charge in [0.1, 0.15) is 0 Å². The maximum absolute atomic E-state index is 11.3. The second-order valence-corrected chi connectivity index (χ2v) is 2.72. The van der Waals surface area contributed by atoms with Gasteiger partial charge < -0.3 is 10.7 Å². The SMILES string of the molecule is CCCCNC(=O)C1=NNCC=N1. The van der Waals surface area contributed by atoms with Gasteiger partial charge in [-0.05, 0) is 6.42 Å². The van der Waals surface area contributed by atoms with Crippen LogP contribution >= 0.6 is 0 Å². The lowest BCUT2D eigenvalue weighted by Gasteiger charge is -2.06. The Kier molecular flexibility index (Phi) is 3.95. The predicted molar refractivity (Wildman–Crippen MR) is 51.8 cm³/mol. The van der Waals surface area contributed by atoms with Gasteiger partial charge in [-0.25, -0.2) is 4.99 Å². The van der Waals surface area contributed by atoms with Crippen LogP contribution in [0.15, 0.2) is 10.1 Å². The third kappa shape index (κ3) is 3.23. The molecule has 5 heteroatoms. The van der Waals surface area contributed by atoms with Crippen LogP contribution in [0.25, 0.3) is 0 Å². The number of carbonyl (C=O) groups is 1. The minimum absolute atomic E-state index is 0.211. The summed E-state index contributed by atoms with van der Waals surface area (Å²) >= 11 is 0. The number of aliphatic imine (C=N–C) groups is 1. The first kappa shape index (κ1) is 9.70. The summed E-state index contributed by atoms with van der Waals surface area (Å²) in [7, 11) is 0. The first-order valence-corrected chi connectivity index (χ1v) is 4.46. The number of rotatable bonds is 4. The standard InChI is InChI=1S/C8H14N4O/c1-2-3-4-10-8(13)7-9-5-6-11-12-7/h5,11H,2-4,6H2,1H3,(H,10,13). The van der Waals surface area contributed by atoms with E-state index in [4.69, 9.17) is 0 Å². The molecule has 0 aromatic rings. The Morgan fingerprint density at radius 1 is 1.77 bits per heavy atom. The highest BCUT2D eigenvalue weighted by atomic mass is 16.2. The van der Waals surface area contributed by atoms with Gasteiger partial charge in [-0.15, -0.1) is 0 Å². The molecule has 72 valence electrons. The van der Waals surface area contributed by atoms with E-state index in [0.717, 1.165) is 12.8 Å². The monoisotopic (exact) mass is 182 g/mol. The Balaban J connectivity index is 2.30. The molecule has 0 unspecified atom stereocenters. The van der Waals surface area contributed by atoms with Gasteiger partial charge >= 0.3 is 0 Å². The van der Waals surface area contributed by atoms with Crippen molar-refractivity contribution in [3.63, 3.8) is 0 Å². The van der Waals surface area contributed by atoms with Crippen LogP contribution in [-0.4, -0.2) is 31.0 Å². The lowest BCUT2D eigenvalue weighted by atomic mass is 10.3. The van der Waals surface area contributed by atoms with Crippen molar-refractivity contribution in [2.24, 2.45) is 10.1 Å². The molecular weight excluding hydrogens is 168 g/mol. The molecule has 5 nitrogen and oxygen atoms in total. The van der Waals surface area contributed by atoms with Crippen molar-refractivity contribution in [2.75, 3.05) is 13.1 Å². The number of hydrogen-bond donors (Lipinski definition) is 2. The van der Waals surface area contributed by atoms with Crippen LogP contribution in [0.1, 0.15) is 19.8 Å². The number of nitrogens with one attached hydrogen (secondary N) is 2. The summed E-state index contributed by atoms with van der Waals surface area (Å²) in [5.74, 6) is -0.000692. The average molecular weight is 182 g/mol. The van der Waals surface area contributed by atoms with Crippen molar-refractivity contribution in [3.05, 3.63) is 0 Å². The highest BCUT2D eigenvalue weighted by Crippen LogP contribution is 1.87. The smallest absolute Gasteiger partial charge is 0.290 e. The first-order chi connectivity index (χ1) is 6.34. The van der Waals surface area contributed by atoms with E-state index in [2.05, 4.69) is 27.8 Å². The summed E-state index contributed by atoms with van der Waals surface area (Å²) in [5, 5.41) is 6.49. The van der Waals surface area contributed by atoms with E-state index in [1.54, 1.807) is 6.21 Å². The maximum Gasteiger partial charge on any atom is 0.290 e. The van der Waals surface area contributed by atoms with Crippen molar-refractivity contribution >= 4 is 18.0 Å². The average Bonchev–Trinajstić information content (AvgIpc) is 2.19. The molecule has 2 N–H and O–H groups in total. The van der Waals surface area contributed by atoms with E-state index in [9.17, 15) is 4.79 Å². The normalized spacial score (nSPS) is 14.7. The van der Waals surface area contributed by atoms with E-state index in [1.807, 2.05) is 0 Å². The van der Waals surface area contributed by atoms with Gasteiger partial charge in [0.15, 0.2) is 0 Å². The molecular formula is C8H14N4O. The summed E-state index contributed by atoms with van der Waals surface area (Å²) in [6.45, 7) is 3.35. The number of nitrogens with zero attached hydrogens (tertiary/aromatic N) is 2. The highest BCUT2D eigenvalue weighted by molar-refractivity contribution is 6.39. The molecule has 0 saturated carbocycles. The Morgan fingerprint density at radius 2 is 2.62 bits per heavy atom. The maximum atomic E-state index is 11.3. The molecule has 13 heavy (non-hydrogen) atoms.